The molecule has 1 fully saturated rings. The molecule has 1 aromatic rings. The van der Waals surface area contributed by atoms with E-state index in [1.54, 1.807) is 7.05 Å². The number of para-hydroxylation sites is 1. The Morgan fingerprint density at radius 3 is 2.57 bits per heavy atom. The van der Waals surface area contributed by atoms with E-state index < -0.39 is 18.2 Å². The van der Waals surface area contributed by atoms with E-state index in [1.165, 1.54) is 9.80 Å². The van der Waals surface area contributed by atoms with Crippen molar-refractivity contribution in [1.82, 2.24) is 14.7 Å². The summed E-state index contributed by atoms with van der Waals surface area (Å²) < 4.78 is 0. The summed E-state index contributed by atoms with van der Waals surface area (Å²) >= 11 is 6.42. The highest BCUT2D eigenvalue weighted by Gasteiger charge is 2.55. The van der Waals surface area contributed by atoms with Crippen LogP contribution in [0.5, 0.6) is 0 Å². The number of likely N-dealkylation sites (N-methyl/N-ethyl adjacent to an activating group) is 1. The van der Waals surface area contributed by atoms with Gasteiger partial charge in [-0.05, 0) is 32.4 Å². The first-order valence-corrected chi connectivity index (χ1v) is 9.54. The number of carbonyl (C=O) groups is 2. The number of fused-ring (bicyclic) bond motifs is 3. The van der Waals surface area contributed by atoms with Crippen LogP contribution in [0.15, 0.2) is 40.7 Å². The highest BCUT2D eigenvalue weighted by atomic mass is 35.5. The number of nitrogens with zero attached hydrogens (tertiary/aromatic N) is 5. The summed E-state index contributed by atoms with van der Waals surface area (Å²) in [6.07, 6.45) is -0.260. The first kappa shape index (κ1) is 18.8. The molecule has 148 valence electrons. The van der Waals surface area contributed by atoms with Gasteiger partial charge in [-0.25, -0.2) is 9.79 Å². The van der Waals surface area contributed by atoms with Gasteiger partial charge in [0, 0.05) is 31.6 Å². The van der Waals surface area contributed by atoms with E-state index in [2.05, 4.69) is 0 Å². The average Bonchev–Trinajstić information content (AvgIpc) is 3.17. The number of urea groups is 1. The molecule has 1 N–H and O–H groups in total. The van der Waals surface area contributed by atoms with Crippen molar-refractivity contribution in [3.8, 4) is 0 Å². The molecule has 2 atom stereocenters. The summed E-state index contributed by atoms with van der Waals surface area (Å²) in [5, 5.41) is 9.69. The Morgan fingerprint density at radius 1 is 1.18 bits per heavy atom. The monoisotopic (exact) mass is 403 g/mol. The zero-order chi connectivity index (χ0) is 20.2. The number of guanidine groups is 1. The Balaban J connectivity index is 1.76. The molecule has 0 aromatic heterocycles. The molecule has 0 spiro atoms. The number of aliphatic imine (C=N–C) groups is 1. The van der Waals surface area contributed by atoms with E-state index in [4.69, 9.17) is 21.7 Å². The van der Waals surface area contributed by atoms with Gasteiger partial charge in [-0.15, -0.1) is 0 Å². The fourth-order valence-corrected chi connectivity index (χ4v) is 4.19. The molecular weight excluding hydrogens is 382 g/mol. The number of hydrogen-bond acceptors (Lipinski definition) is 6. The number of rotatable bonds is 4. The molecular formula is C19H22ClN5O3. The van der Waals surface area contributed by atoms with Gasteiger partial charge in [0.25, 0.3) is 5.91 Å². The minimum atomic E-state index is -0.626. The van der Waals surface area contributed by atoms with Gasteiger partial charge in [0.2, 0.25) is 5.96 Å². The van der Waals surface area contributed by atoms with E-state index in [-0.39, 0.29) is 19.1 Å². The first-order chi connectivity index (χ1) is 13.4. The fourth-order valence-electron chi connectivity index (χ4n) is 3.97. The molecule has 0 radical (unpaired) electrons. The maximum atomic E-state index is 13.2. The largest absolute Gasteiger partial charge is 0.396 e. The molecule has 2 unspecified atom stereocenters. The smallest absolute Gasteiger partial charge is 0.328 e. The molecule has 3 aliphatic rings. The van der Waals surface area contributed by atoms with E-state index in [0.29, 0.717) is 17.4 Å². The summed E-state index contributed by atoms with van der Waals surface area (Å²) in [5.74, 6) is 0.295. The summed E-state index contributed by atoms with van der Waals surface area (Å²) in [4.78, 5) is 37.1. The number of halogens is 1. The maximum Gasteiger partial charge on any atom is 0.328 e. The predicted octanol–water partition coefficient (Wildman–Crippen LogP) is 2.05. The molecule has 9 heteroatoms. The van der Waals surface area contributed by atoms with Gasteiger partial charge < -0.3 is 10.0 Å². The van der Waals surface area contributed by atoms with Crippen LogP contribution in [0, 0.1) is 0 Å². The van der Waals surface area contributed by atoms with Gasteiger partial charge in [0.1, 0.15) is 0 Å². The Kier molecular flexibility index (Phi) is 4.55. The third kappa shape index (κ3) is 2.51. The maximum absolute atomic E-state index is 13.2. The second-order valence-corrected chi connectivity index (χ2v) is 7.48. The van der Waals surface area contributed by atoms with Crippen LogP contribution in [-0.4, -0.2) is 70.1 Å². The number of aliphatic hydroxyl groups is 1. The summed E-state index contributed by atoms with van der Waals surface area (Å²) in [7, 11) is 1.65. The number of allylic oxidation sites excluding steroid dienone is 2. The first-order valence-electron chi connectivity index (χ1n) is 9.16. The number of amides is 3. The highest BCUT2D eigenvalue weighted by molar-refractivity contribution is 6.34. The molecule has 3 amide bonds. The Labute approximate surface area is 168 Å². The summed E-state index contributed by atoms with van der Waals surface area (Å²) in [5.41, 5.74) is 2.60. The van der Waals surface area contributed by atoms with Gasteiger partial charge in [-0.3, -0.25) is 19.5 Å². The zero-order valence-electron chi connectivity index (χ0n) is 16.0. The minimum absolute atomic E-state index is 0.0847. The third-order valence-corrected chi connectivity index (χ3v) is 5.85. The predicted molar refractivity (Wildman–Crippen MR) is 106 cm³/mol. The van der Waals surface area contributed by atoms with Gasteiger partial charge >= 0.3 is 6.03 Å². The van der Waals surface area contributed by atoms with Crippen LogP contribution in [0.3, 0.4) is 0 Å². The molecule has 28 heavy (non-hydrogen) atoms. The lowest BCUT2D eigenvalue weighted by Gasteiger charge is -2.40. The topological polar surface area (TPSA) is 79.7 Å². The van der Waals surface area contributed by atoms with Crippen LogP contribution in [-0.2, 0) is 4.79 Å². The second kappa shape index (κ2) is 6.79. The normalized spacial score (nSPS) is 24.2. The van der Waals surface area contributed by atoms with Gasteiger partial charge in [-0.1, -0.05) is 23.7 Å². The van der Waals surface area contributed by atoms with Gasteiger partial charge in [-0.2, -0.15) is 0 Å². The lowest BCUT2D eigenvalue weighted by Crippen LogP contribution is -2.64. The SMILES string of the molecule is CC1=C(C)N2C(=NC3C2C(=O)N(CCCO)C(=O)N3C)N1c1ccccc1Cl. The van der Waals surface area contributed by atoms with Crippen molar-refractivity contribution < 1.29 is 14.7 Å². The number of aliphatic hydroxyl groups excluding tert-OH is 1. The number of imide groups is 1. The Hall–Kier alpha value is -2.58. The standard InChI is InChI=1S/C19H22ClN5O3/c1-11-12(2)25-15-16(22(3)19(28)23(17(15)27)9-6-10-26)21-18(25)24(11)14-8-5-4-7-13(14)20/h4-5,7-8,15-16,26H,6,9-10H2,1-3H3. The molecule has 3 aliphatic heterocycles. The third-order valence-electron chi connectivity index (χ3n) is 5.53. The molecule has 1 aromatic carbocycles. The van der Waals surface area contributed by atoms with E-state index in [0.717, 1.165) is 17.1 Å². The fraction of sp³-hybridized carbons (Fsp3) is 0.421. The van der Waals surface area contributed by atoms with Crippen molar-refractivity contribution in [2.75, 3.05) is 25.1 Å². The van der Waals surface area contributed by atoms with Crippen molar-refractivity contribution in [3.05, 3.63) is 40.7 Å². The van der Waals surface area contributed by atoms with Crippen LogP contribution in [0.25, 0.3) is 0 Å². The van der Waals surface area contributed by atoms with E-state index >= 15 is 0 Å². The number of carbonyl (C=O) groups excluding carboxylic acids is 2. The van der Waals surface area contributed by atoms with Crippen LogP contribution < -0.4 is 4.90 Å². The number of anilines is 1. The molecule has 0 aliphatic carbocycles. The molecule has 0 bridgehead atoms. The van der Waals surface area contributed by atoms with Crippen molar-refractivity contribution in [3.63, 3.8) is 0 Å². The molecule has 4 rings (SSSR count). The number of benzene rings is 1. The van der Waals surface area contributed by atoms with Crippen molar-refractivity contribution in [2.45, 2.75) is 32.5 Å². The van der Waals surface area contributed by atoms with E-state index in [9.17, 15) is 9.59 Å². The van der Waals surface area contributed by atoms with Crippen LogP contribution in [0.1, 0.15) is 20.3 Å². The van der Waals surface area contributed by atoms with Crippen LogP contribution in [0.2, 0.25) is 5.02 Å². The summed E-state index contributed by atoms with van der Waals surface area (Å²) in [6.45, 7) is 3.99. The Bertz CT molecular complexity index is 915. The lowest BCUT2D eigenvalue weighted by atomic mass is 10.1. The molecule has 1 saturated heterocycles. The summed E-state index contributed by atoms with van der Waals surface area (Å²) in [6, 6.07) is 6.44. The highest BCUT2D eigenvalue weighted by Crippen LogP contribution is 2.41. The van der Waals surface area contributed by atoms with Crippen LogP contribution in [0.4, 0.5) is 10.5 Å². The minimum Gasteiger partial charge on any atom is -0.396 e. The quantitative estimate of drug-likeness (QED) is 0.832. The van der Waals surface area contributed by atoms with Crippen molar-refractivity contribution in [1.29, 1.82) is 0 Å². The zero-order valence-corrected chi connectivity index (χ0v) is 16.7. The van der Waals surface area contributed by atoms with Crippen LogP contribution >= 0.6 is 11.6 Å². The average molecular weight is 404 g/mol. The Morgan fingerprint density at radius 2 is 1.89 bits per heavy atom. The lowest BCUT2D eigenvalue weighted by molar-refractivity contribution is -0.136. The molecule has 8 nitrogen and oxygen atoms in total. The molecule has 0 saturated carbocycles. The second-order valence-electron chi connectivity index (χ2n) is 7.08. The van der Waals surface area contributed by atoms with Crippen molar-refractivity contribution >= 4 is 35.2 Å². The number of hydrogen-bond donors (Lipinski definition) is 1. The molecule has 3 heterocycles. The van der Waals surface area contributed by atoms with Crippen molar-refractivity contribution in [2.24, 2.45) is 4.99 Å². The van der Waals surface area contributed by atoms with E-state index in [1.807, 2.05) is 47.9 Å². The van der Waals surface area contributed by atoms with Gasteiger partial charge in [0.05, 0.1) is 10.7 Å². The van der Waals surface area contributed by atoms with Gasteiger partial charge in [0.15, 0.2) is 12.2 Å².